The molecular weight excluding hydrogens is 483 g/mol. The second kappa shape index (κ2) is 8.40. The summed E-state index contributed by atoms with van der Waals surface area (Å²) in [6, 6.07) is 22.1. The lowest BCUT2D eigenvalue weighted by atomic mass is 9.89. The number of imidazole rings is 1. The minimum Gasteiger partial charge on any atom is -0.493 e. The molecule has 1 amide bonds. The van der Waals surface area contributed by atoms with Gasteiger partial charge in [0.05, 0.1) is 29.3 Å². The zero-order valence-corrected chi connectivity index (χ0v) is 19.5. The van der Waals surface area contributed by atoms with E-state index in [0.29, 0.717) is 6.42 Å². The molecule has 2 bridgehead atoms. The Bertz CT molecular complexity index is 1500. The number of carbonyl (C=O) groups excluding carboxylic acids is 1. The Hall–Kier alpha value is -4.27. The Balaban J connectivity index is 1.40. The van der Waals surface area contributed by atoms with E-state index in [1.165, 1.54) is 16.7 Å². The Morgan fingerprint density at radius 2 is 1.54 bits per heavy atom. The molecule has 0 spiro atoms. The number of nitrogens with zero attached hydrogens (tertiary/aromatic N) is 3. The van der Waals surface area contributed by atoms with Crippen LogP contribution >= 0.6 is 0 Å². The molecule has 0 radical (unpaired) electrons. The molecule has 4 aromatic rings. The average molecular weight is 505 g/mol. The van der Waals surface area contributed by atoms with Crippen LogP contribution in [-0.4, -0.2) is 31.6 Å². The molecule has 0 saturated carbocycles. The van der Waals surface area contributed by atoms with E-state index >= 15 is 0 Å². The monoisotopic (exact) mass is 505 g/mol. The minimum atomic E-state index is -4.59. The smallest absolute Gasteiger partial charge is 0.416 e. The molecular formula is C28H22F3N3O3. The third-order valence-corrected chi connectivity index (χ3v) is 7.29. The highest BCUT2D eigenvalue weighted by Gasteiger charge is 2.50. The van der Waals surface area contributed by atoms with E-state index in [1.54, 1.807) is 4.90 Å². The Morgan fingerprint density at radius 1 is 0.919 bits per heavy atom. The van der Waals surface area contributed by atoms with Gasteiger partial charge in [0.2, 0.25) is 11.8 Å². The summed E-state index contributed by atoms with van der Waals surface area (Å²) >= 11 is 0. The van der Waals surface area contributed by atoms with Gasteiger partial charge in [-0.1, -0.05) is 66.7 Å². The molecule has 1 saturated heterocycles. The number of aromatic hydroxyl groups is 1. The van der Waals surface area contributed by atoms with Crippen molar-refractivity contribution in [3.8, 4) is 11.6 Å². The van der Waals surface area contributed by atoms with Crippen LogP contribution in [0.2, 0.25) is 0 Å². The fourth-order valence-corrected chi connectivity index (χ4v) is 5.68. The summed E-state index contributed by atoms with van der Waals surface area (Å²) in [6.07, 6.45) is -4.13. The number of amides is 1. The van der Waals surface area contributed by atoms with E-state index < -0.39 is 35.3 Å². The molecule has 0 aliphatic carbocycles. The van der Waals surface area contributed by atoms with E-state index in [9.17, 15) is 27.9 Å². The van der Waals surface area contributed by atoms with Crippen molar-refractivity contribution in [2.75, 3.05) is 6.54 Å². The quantitative estimate of drug-likeness (QED) is 0.424. The maximum Gasteiger partial charge on any atom is 0.416 e. The first-order chi connectivity index (χ1) is 17.8. The molecule has 1 unspecified atom stereocenters. The number of alkyl halides is 3. The van der Waals surface area contributed by atoms with Gasteiger partial charge in [-0.05, 0) is 35.7 Å². The minimum absolute atomic E-state index is 0.0806. The first-order valence-corrected chi connectivity index (χ1v) is 11.9. The fourth-order valence-electron chi connectivity index (χ4n) is 5.68. The van der Waals surface area contributed by atoms with Crippen molar-refractivity contribution in [2.24, 2.45) is 0 Å². The van der Waals surface area contributed by atoms with Crippen LogP contribution in [0.3, 0.4) is 0 Å². The second-order valence-corrected chi connectivity index (χ2v) is 9.40. The topological polar surface area (TPSA) is 67.5 Å². The highest BCUT2D eigenvalue weighted by Crippen LogP contribution is 2.50. The summed E-state index contributed by atoms with van der Waals surface area (Å²) in [5.74, 6) is -1.17. The van der Waals surface area contributed by atoms with E-state index in [4.69, 9.17) is 0 Å². The van der Waals surface area contributed by atoms with Crippen molar-refractivity contribution in [2.45, 2.75) is 30.6 Å². The number of carbonyl (C=O) groups is 1. The number of halogens is 3. The number of aromatic nitrogens is 2. The summed E-state index contributed by atoms with van der Waals surface area (Å²) in [6.45, 7) is 0.276. The molecule has 6 nitrogen and oxygen atoms in total. The van der Waals surface area contributed by atoms with Crippen LogP contribution in [0.25, 0.3) is 5.69 Å². The molecule has 3 aromatic carbocycles. The molecule has 188 valence electrons. The third-order valence-electron chi connectivity index (χ3n) is 7.29. The van der Waals surface area contributed by atoms with Gasteiger partial charge in [-0.2, -0.15) is 13.2 Å². The lowest BCUT2D eigenvalue weighted by molar-refractivity contribution is -0.137. The molecule has 37 heavy (non-hydrogen) atoms. The van der Waals surface area contributed by atoms with Gasteiger partial charge in [0.15, 0.2) is 0 Å². The summed E-state index contributed by atoms with van der Waals surface area (Å²) in [5, 5.41) is 11.1. The van der Waals surface area contributed by atoms with Crippen LogP contribution in [0.5, 0.6) is 5.88 Å². The van der Waals surface area contributed by atoms with Gasteiger partial charge in [0, 0.05) is 6.54 Å². The van der Waals surface area contributed by atoms with Crippen LogP contribution in [0, 0.1) is 0 Å². The van der Waals surface area contributed by atoms with Crippen molar-refractivity contribution < 1.29 is 23.1 Å². The average Bonchev–Trinajstić information content (AvgIpc) is 3.56. The van der Waals surface area contributed by atoms with E-state index in [-0.39, 0.29) is 29.9 Å². The second-order valence-electron chi connectivity index (χ2n) is 9.40. The van der Waals surface area contributed by atoms with Gasteiger partial charge in [-0.25, -0.2) is 9.36 Å². The maximum absolute atomic E-state index is 14.0. The molecule has 2 aliphatic heterocycles. The van der Waals surface area contributed by atoms with Crippen LogP contribution in [0.1, 0.15) is 46.8 Å². The Morgan fingerprint density at radius 3 is 2.14 bits per heavy atom. The number of hydrogen-bond acceptors (Lipinski definition) is 3. The molecule has 1 fully saturated rings. The standard InChI is InChI=1S/C28H22F3N3O3/c29-28(30,31)19-12-7-13-20(14-19)34-26(36)24-22-15-21(33(24)27(34)37)16-32(22)25(35)23(17-8-3-1-4-9-17)18-10-5-2-6-11-18/h1-14,21-23,36H,15-16H2/t21?,22-/m1/s1. The van der Waals surface area contributed by atoms with Crippen molar-refractivity contribution in [3.63, 3.8) is 0 Å². The highest BCUT2D eigenvalue weighted by atomic mass is 19.4. The Kier molecular flexibility index (Phi) is 5.25. The molecule has 9 heteroatoms. The zero-order chi connectivity index (χ0) is 25.9. The zero-order valence-electron chi connectivity index (χ0n) is 19.5. The number of benzene rings is 3. The summed E-state index contributed by atoms with van der Waals surface area (Å²) in [4.78, 5) is 28.9. The first-order valence-electron chi connectivity index (χ1n) is 11.9. The van der Waals surface area contributed by atoms with Gasteiger partial charge in [0.25, 0.3) is 0 Å². The highest BCUT2D eigenvalue weighted by molar-refractivity contribution is 5.88. The van der Waals surface area contributed by atoms with Gasteiger partial charge < -0.3 is 10.0 Å². The number of fused-ring (bicyclic) bond motifs is 5. The summed E-state index contributed by atoms with van der Waals surface area (Å²) < 4.78 is 42.1. The number of rotatable bonds is 4. The maximum atomic E-state index is 14.0. The van der Waals surface area contributed by atoms with Crippen LogP contribution < -0.4 is 5.69 Å². The third kappa shape index (κ3) is 3.64. The van der Waals surface area contributed by atoms with Crippen molar-refractivity contribution in [3.05, 3.63) is 118 Å². The number of hydrogen-bond donors (Lipinski definition) is 1. The Labute approximate surface area is 209 Å². The van der Waals surface area contributed by atoms with Crippen LogP contribution in [0.4, 0.5) is 13.2 Å². The normalized spacial score (nSPS) is 18.4. The lowest BCUT2D eigenvalue weighted by Gasteiger charge is -2.31. The van der Waals surface area contributed by atoms with Gasteiger partial charge in [0.1, 0.15) is 5.69 Å². The predicted molar refractivity (Wildman–Crippen MR) is 130 cm³/mol. The molecule has 3 heterocycles. The van der Waals surface area contributed by atoms with Gasteiger partial charge in [-0.3, -0.25) is 9.36 Å². The molecule has 6 rings (SSSR count). The van der Waals surface area contributed by atoms with Crippen LogP contribution in [0.15, 0.2) is 89.7 Å². The van der Waals surface area contributed by atoms with E-state index in [1.807, 2.05) is 60.7 Å². The lowest BCUT2D eigenvalue weighted by Crippen LogP contribution is -2.40. The van der Waals surface area contributed by atoms with Gasteiger partial charge in [-0.15, -0.1) is 0 Å². The molecule has 2 aliphatic rings. The van der Waals surface area contributed by atoms with Crippen molar-refractivity contribution >= 4 is 5.91 Å². The van der Waals surface area contributed by atoms with E-state index in [0.717, 1.165) is 27.8 Å². The predicted octanol–water partition coefficient (Wildman–Crippen LogP) is 5.02. The number of likely N-dealkylation sites (tertiary alicyclic amines) is 1. The van der Waals surface area contributed by atoms with Crippen LogP contribution in [-0.2, 0) is 11.0 Å². The van der Waals surface area contributed by atoms with Crippen molar-refractivity contribution in [1.82, 2.24) is 14.0 Å². The molecule has 1 aromatic heterocycles. The molecule has 2 atom stereocenters. The SMILES string of the molecule is O=C(C(c1ccccc1)c1ccccc1)N1CC2C[C@@H]1c1c(O)n(-c3cccc(C(F)(F)F)c3)c(=O)n12. The first kappa shape index (κ1) is 23.1. The largest absolute Gasteiger partial charge is 0.493 e. The summed E-state index contributed by atoms with van der Waals surface area (Å²) in [7, 11) is 0. The summed E-state index contributed by atoms with van der Waals surface area (Å²) in [5.41, 5.74) is 0.286. The molecule has 1 N–H and O–H groups in total. The fraction of sp³-hybridized carbons (Fsp3) is 0.214. The van der Waals surface area contributed by atoms with E-state index in [2.05, 4.69) is 0 Å². The van der Waals surface area contributed by atoms with Crippen molar-refractivity contribution in [1.29, 1.82) is 0 Å². The van der Waals surface area contributed by atoms with Gasteiger partial charge >= 0.3 is 11.9 Å².